The Kier molecular flexibility index (Phi) is 4.20. The molecule has 0 unspecified atom stereocenters. The van der Waals surface area contributed by atoms with E-state index in [0.717, 1.165) is 10.0 Å². The Morgan fingerprint density at radius 3 is 2.32 bits per heavy atom. The van der Waals surface area contributed by atoms with Crippen LogP contribution in [0.1, 0.15) is 24.2 Å². The van der Waals surface area contributed by atoms with E-state index in [4.69, 9.17) is 10.00 Å². The van der Waals surface area contributed by atoms with E-state index in [1.807, 2.05) is 6.07 Å². The van der Waals surface area contributed by atoms with Gasteiger partial charge < -0.3 is 9.84 Å². The lowest BCUT2D eigenvalue weighted by molar-refractivity contribution is 0.198. The molecule has 0 saturated heterocycles. The molecule has 2 aromatic rings. The first kappa shape index (κ1) is 13.6. The molecule has 0 saturated carbocycles. The van der Waals surface area contributed by atoms with Crippen molar-refractivity contribution in [3.05, 3.63) is 58.1 Å². The van der Waals surface area contributed by atoms with E-state index in [2.05, 4.69) is 22.0 Å². The fourth-order valence-corrected chi connectivity index (χ4v) is 2.33. The number of nitriles is 1. The summed E-state index contributed by atoms with van der Waals surface area (Å²) in [6.45, 7) is 1.71. The van der Waals surface area contributed by atoms with Gasteiger partial charge in [0.2, 0.25) is 0 Å². The van der Waals surface area contributed by atoms with Crippen LogP contribution in [0.25, 0.3) is 0 Å². The number of benzene rings is 2. The van der Waals surface area contributed by atoms with Crippen molar-refractivity contribution in [2.45, 2.75) is 13.0 Å². The molecule has 2 aromatic carbocycles. The SMILES string of the molecule is C[C@H](O)c1ccc(Oc2ccc(C#N)cc2)cc1Br. The Labute approximate surface area is 120 Å². The van der Waals surface area contributed by atoms with Crippen LogP contribution in [-0.4, -0.2) is 5.11 Å². The molecule has 0 radical (unpaired) electrons. The molecule has 0 aliphatic heterocycles. The van der Waals surface area contributed by atoms with E-state index in [-0.39, 0.29) is 0 Å². The summed E-state index contributed by atoms with van der Waals surface area (Å²) in [5, 5.41) is 18.3. The lowest BCUT2D eigenvalue weighted by Gasteiger charge is -2.10. The average Bonchev–Trinajstić information content (AvgIpc) is 2.39. The van der Waals surface area contributed by atoms with Crippen LogP contribution >= 0.6 is 15.9 Å². The molecule has 3 nitrogen and oxygen atoms in total. The first-order valence-electron chi connectivity index (χ1n) is 5.75. The lowest BCUT2D eigenvalue weighted by atomic mass is 10.1. The Bertz CT molecular complexity index is 615. The van der Waals surface area contributed by atoms with Gasteiger partial charge in [0, 0.05) is 4.47 Å². The first-order chi connectivity index (χ1) is 9.10. The predicted molar refractivity (Wildman–Crippen MR) is 76.0 cm³/mol. The zero-order valence-corrected chi connectivity index (χ0v) is 11.9. The van der Waals surface area contributed by atoms with Crippen LogP contribution in [0.2, 0.25) is 0 Å². The van der Waals surface area contributed by atoms with Gasteiger partial charge in [-0.1, -0.05) is 22.0 Å². The molecule has 4 heteroatoms. The summed E-state index contributed by atoms with van der Waals surface area (Å²) in [7, 11) is 0. The van der Waals surface area contributed by atoms with Gasteiger partial charge in [-0.25, -0.2) is 0 Å². The average molecular weight is 318 g/mol. The van der Waals surface area contributed by atoms with Gasteiger partial charge in [0.1, 0.15) is 11.5 Å². The molecule has 1 N–H and O–H groups in total. The van der Waals surface area contributed by atoms with Gasteiger partial charge in [0.15, 0.2) is 0 Å². The molecule has 96 valence electrons. The van der Waals surface area contributed by atoms with Crippen molar-refractivity contribution in [1.82, 2.24) is 0 Å². The minimum absolute atomic E-state index is 0.529. The fourth-order valence-electron chi connectivity index (χ4n) is 1.64. The summed E-state index contributed by atoms with van der Waals surface area (Å²) in [5.74, 6) is 1.33. The lowest BCUT2D eigenvalue weighted by Crippen LogP contribution is -1.93. The van der Waals surface area contributed by atoms with Gasteiger partial charge in [-0.15, -0.1) is 0 Å². The minimum atomic E-state index is -0.529. The highest BCUT2D eigenvalue weighted by molar-refractivity contribution is 9.10. The third-order valence-electron chi connectivity index (χ3n) is 2.64. The second-order valence-electron chi connectivity index (χ2n) is 4.10. The Morgan fingerprint density at radius 2 is 1.79 bits per heavy atom. The molecule has 2 rings (SSSR count). The Hall–Kier alpha value is -1.83. The highest BCUT2D eigenvalue weighted by atomic mass is 79.9. The summed E-state index contributed by atoms with van der Waals surface area (Å²) in [6.07, 6.45) is -0.529. The zero-order chi connectivity index (χ0) is 13.8. The van der Waals surface area contributed by atoms with Crippen molar-refractivity contribution in [2.75, 3.05) is 0 Å². The minimum Gasteiger partial charge on any atom is -0.457 e. The Morgan fingerprint density at radius 1 is 1.16 bits per heavy atom. The van der Waals surface area contributed by atoms with Gasteiger partial charge in [-0.3, -0.25) is 0 Å². The van der Waals surface area contributed by atoms with Crippen LogP contribution in [0.5, 0.6) is 11.5 Å². The van der Waals surface area contributed by atoms with Crippen LogP contribution < -0.4 is 4.74 Å². The predicted octanol–water partition coefficient (Wildman–Crippen LogP) is 4.17. The van der Waals surface area contributed by atoms with Crippen LogP contribution in [0.3, 0.4) is 0 Å². The van der Waals surface area contributed by atoms with E-state index in [1.165, 1.54) is 0 Å². The number of rotatable bonds is 3. The molecule has 1 atom stereocenters. The fraction of sp³-hybridized carbons (Fsp3) is 0.133. The van der Waals surface area contributed by atoms with Gasteiger partial charge in [0.05, 0.1) is 17.7 Å². The van der Waals surface area contributed by atoms with Crippen molar-refractivity contribution in [2.24, 2.45) is 0 Å². The second kappa shape index (κ2) is 5.87. The highest BCUT2D eigenvalue weighted by Gasteiger charge is 2.07. The molecular weight excluding hydrogens is 306 g/mol. The van der Waals surface area contributed by atoms with E-state index in [0.29, 0.717) is 17.1 Å². The highest BCUT2D eigenvalue weighted by Crippen LogP contribution is 2.30. The standard InChI is InChI=1S/C15H12BrNO2/c1-10(18)14-7-6-13(8-15(14)16)19-12-4-2-11(9-17)3-5-12/h2-8,10,18H,1H3/t10-/m0/s1. The summed E-state index contributed by atoms with van der Waals surface area (Å²) < 4.78 is 6.47. The topological polar surface area (TPSA) is 53.2 Å². The van der Waals surface area contributed by atoms with Gasteiger partial charge >= 0.3 is 0 Å². The molecule has 0 amide bonds. The van der Waals surface area contributed by atoms with Crippen LogP contribution in [0.15, 0.2) is 46.9 Å². The van der Waals surface area contributed by atoms with Crippen LogP contribution in [0.4, 0.5) is 0 Å². The second-order valence-corrected chi connectivity index (χ2v) is 4.95. The molecule has 0 fully saturated rings. The number of hydrogen-bond donors (Lipinski definition) is 1. The van der Waals surface area contributed by atoms with Crippen LogP contribution in [-0.2, 0) is 0 Å². The maximum absolute atomic E-state index is 9.54. The van der Waals surface area contributed by atoms with E-state index in [1.54, 1.807) is 43.3 Å². The van der Waals surface area contributed by atoms with Crippen molar-refractivity contribution < 1.29 is 9.84 Å². The van der Waals surface area contributed by atoms with E-state index >= 15 is 0 Å². The van der Waals surface area contributed by atoms with Crippen molar-refractivity contribution in [1.29, 1.82) is 5.26 Å². The van der Waals surface area contributed by atoms with Gasteiger partial charge in [0.25, 0.3) is 0 Å². The quantitative estimate of drug-likeness (QED) is 0.924. The first-order valence-corrected chi connectivity index (χ1v) is 6.55. The number of aliphatic hydroxyl groups is 1. The molecule has 0 aliphatic carbocycles. The monoisotopic (exact) mass is 317 g/mol. The van der Waals surface area contributed by atoms with E-state index < -0.39 is 6.10 Å². The summed E-state index contributed by atoms with van der Waals surface area (Å²) in [5.41, 5.74) is 1.41. The van der Waals surface area contributed by atoms with Crippen LogP contribution in [0, 0.1) is 11.3 Å². The summed E-state index contributed by atoms with van der Waals surface area (Å²) >= 11 is 3.40. The molecule has 0 bridgehead atoms. The molecule has 0 heterocycles. The van der Waals surface area contributed by atoms with Gasteiger partial charge in [-0.05, 0) is 48.9 Å². The Balaban J connectivity index is 2.19. The molecule has 19 heavy (non-hydrogen) atoms. The summed E-state index contributed by atoms with van der Waals surface area (Å²) in [6, 6.07) is 14.4. The number of ether oxygens (including phenoxy) is 1. The smallest absolute Gasteiger partial charge is 0.128 e. The van der Waals surface area contributed by atoms with Crippen molar-refractivity contribution >= 4 is 15.9 Å². The maximum Gasteiger partial charge on any atom is 0.128 e. The van der Waals surface area contributed by atoms with Crippen molar-refractivity contribution in [3.8, 4) is 17.6 Å². The third kappa shape index (κ3) is 3.34. The molecule has 0 aliphatic rings. The number of aliphatic hydroxyl groups excluding tert-OH is 1. The number of nitrogens with zero attached hydrogens (tertiary/aromatic N) is 1. The maximum atomic E-state index is 9.54. The largest absolute Gasteiger partial charge is 0.457 e. The number of hydrogen-bond acceptors (Lipinski definition) is 3. The third-order valence-corrected chi connectivity index (χ3v) is 3.33. The summed E-state index contributed by atoms with van der Waals surface area (Å²) in [4.78, 5) is 0. The number of halogens is 1. The van der Waals surface area contributed by atoms with Crippen molar-refractivity contribution in [3.63, 3.8) is 0 Å². The molecule has 0 aromatic heterocycles. The molecule has 0 spiro atoms. The normalized spacial score (nSPS) is 11.7. The molecular formula is C15H12BrNO2. The zero-order valence-electron chi connectivity index (χ0n) is 10.3. The van der Waals surface area contributed by atoms with E-state index in [9.17, 15) is 5.11 Å². The van der Waals surface area contributed by atoms with Gasteiger partial charge in [-0.2, -0.15) is 5.26 Å².